The molecule has 1 saturated heterocycles. The van der Waals surface area contributed by atoms with Crippen molar-refractivity contribution in [1.29, 1.82) is 0 Å². The minimum Gasteiger partial charge on any atom is -0.497 e. The molecule has 3 heteroatoms. The second-order valence-electron chi connectivity index (χ2n) is 5.48. The molecule has 1 N–H and O–H groups in total. The van der Waals surface area contributed by atoms with E-state index in [9.17, 15) is 5.11 Å². The molecule has 1 heterocycles. The van der Waals surface area contributed by atoms with Gasteiger partial charge < -0.3 is 14.6 Å². The highest BCUT2D eigenvalue weighted by molar-refractivity contribution is 5.84. The van der Waals surface area contributed by atoms with Gasteiger partial charge in [0.1, 0.15) is 11.9 Å². The molecule has 2 aromatic carbocycles. The van der Waals surface area contributed by atoms with Gasteiger partial charge in [0.05, 0.1) is 19.3 Å². The first-order chi connectivity index (χ1) is 9.67. The number of hydrogen-bond donors (Lipinski definition) is 1. The third kappa shape index (κ3) is 2.51. The van der Waals surface area contributed by atoms with Gasteiger partial charge in [-0.3, -0.25) is 0 Å². The Morgan fingerprint density at radius 1 is 1.15 bits per heavy atom. The zero-order valence-electron chi connectivity index (χ0n) is 11.9. The molecular weight excluding hydrogens is 252 g/mol. The highest BCUT2D eigenvalue weighted by atomic mass is 16.5. The Morgan fingerprint density at radius 2 is 1.90 bits per heavy atom. The van der Waals surface area contributed by atoms with Crippen LogP contribution in [0.25, 0.3) is 10.8 Å². The maximum atomic E-state index is 10.4. The monoisotopic (exact) mass is 272 g/mol. The van der Waals surface area contributed by atoms with E-state index in [1.54, 1.807) is 7.11 Å². The average Bonchev–Trinajstić information content (AvgIpc) is 2.92. The van der Waals surface area contributed by atoms with E-state index in [0.29, 0.717) is 0 Å². The number of methoxy groups -OCH3 is 1. The lowest BCUT2D eigenvalue weighted by atomic mass is 9.99. The highest BCUT2D eigenvalue weighted by Crippen LogP contribution is 2.32. The number of ether oxygens (including phenoxy) is 2. The van der Waals surface area contributed by atoms with Crippen molar-refractivity contribution in [3.63, 3.8) is 0 Å². The Morgan fingerprint density at radius 3 is 2.60 bits per heavy atom. The molecule has 1 fully saturated rings. The Kier molecular flexibility index (Phi) is 3.64. The molecule has 0 bridgehead atoms. The van der Waals surface area contributed by atoms with Gasteiger partial charge in [-0.15, -0.1) is 0 Å². The fraction of sp³-hybridized carbons (Fsp3) is 0.412. The van der Waals surface area contributed by atoms with Crippen LogP contribution in [-0.4, -0.2) is 24.4 Å². The van der Waals surface area contributed by atoms with E-state index in [4.69, 9.17) is 9.47 Å². The third-order valence-corrected chi connectivity index (χ3v) is 4.03. The Hall–Kier alpha value is -1.58. The summed E-state index contributed by atoms with van der Waals surface area (Å²) in [5, 5.41) is 12.7. The van der Waals surface area contributed by atoms with Crippen LogP contribution < -0.4 is 4.74 Å². The van der Waals surface area contributed by atoms with Crippen molar-refractivity contribution in [3.8, 4) is 5.75 Å². The fourth-order valence-corrected chi connectivity index (χ4v) is 2.83. The maximum Gasteiger partial charge on any atom is 0.119 e. The number of benzene rings is 2. The summed E-state index contributed by atoms with van der Waals surface area (Å²) in [7, 11) is 1.66. The van der Waals surface area contributed by atoms with E-state index in [2.05, 4.69) is 6.92 Å². The van der Waals surface area contributed by atoms with Crippen LogP contribution in [0.2, 0.25) is 0 Å². The molecule has 3 rings (SSSR count). The SMILES string of the molecule is COc1ccc2cc(C(O)C3CCC(C)O3)ccc2c1. The van der Waals surface area contributed by atoms with E-state index in [1.165, 1.54) is 0 Å². The van der Waals surface area contributed by atoms with Crippen LogP contribution >= 0.6 is 0 Å². The molecule has 3 atom stereocenters. The number of aliphatic hydroxyl groups is 1. The molecular formula is C17H20O3. The van der Waals surface area contributed by atoms with Gasteiger partial charge in [-0.25, -0.2) is 0 Å². The van der Waals surface area contributed by atoms with Gasteiger partial charge in [-0.2, -0.15) is 0 Å². The van der Waals surface area contributed by atoms with Crippen LogP contribution in [0.15, 0.2) is 36.4 Å². The zero-order valence-corrected chi connectivity index (χ0v) is 11.9. The summed E-state index contributed by atoms with van der Waals surface area (Å²) in [4.78, 5) is 0. The molecule has 106 valence electrons. The molecule has 0 saturated carbocycles. The van der Waals surface area contributed by atoms with E-state index in [-0.39, 0.29) is 12.2 Å². The van der Waals surface area contributed by atoms with Crippen molar-refractivity contribution in [2.45, 2.75) is 38.1 Å². The Labute approximate surface area is 119 Å². The van der Waals surface area contributed by atoms with Crippen molar-refractivity contribution < 1.29 is 14.6 Å². The molecule has 0 aromatic heterocycles. The highest BCUT2D eigenvalue weighted by Gasteiger charge is 2.29. The van der Waals surface area contributed by atoms with Gasteiger partial charge in [0.25, 0.3) is 0 Å². The molecule has 2 aromatic rings. The standard InChI is InChI=1S/C17H20O3/c1-11-3-8-16(20-11)17(18)14-5-4-13-10-15(19-2)7-6-12(13)9-14/h4-7,9-11,16-18H,3,8H2,1-2H3. The number of aliphatic hydroxyl groups excluding tert-OH is 1. The van der Waals surface area contributed by atoms with Crippen molar-refractivity contribution in [1.82, 2.24) is 0 Å². The smallest absolute Gasteiger partial charge is 0.119 e. The molecule has 1 aliphatic heterocycles. The topological polar surface area (TPSA) is 38.7 Å². The van der Waals surface area contributed by atoms with Crippen LogP contribution in [0.3, 0.4) is 0 Å². The first kappa shape index (κ1) is 13.4. The molecule has 3 unspecified atom stereocenters. The lowest BCUT2D eigenvalue weighted by Gasteiger charge is -2.19. The van der Waals surface area contributed by atoms with Crippen LogP contribution in [0.1, 0.15) is 31.4 Å². The van der Waals surface area contributed by atoms with E-state index in [0.717, 1.165) is 34.9 Å². The molecule has 0 spiro atoms. The third-order valence-electron chi connectivity index (χ3n) is 4.03. The van der Waals surface area contributed by atoms with Gasteiger partial charge >= 0.3 is 0 Å². The quantitative estimate of drug-likeness (QED) is 0.930. The fourth-order valence-electron chi connectivity index (χ4n) is 2.83. The minimum atomic E-state index is -0.550. The van der Waals surface area contributed by atoms with Gasteiger partial charge in [0.15, 0.2) is 0 Å². The second-order valence-corrected chi connectivity index (χ2v) is 5.48. The normalized spacial score (nSPS) is 23.9. The number of fused-ring (bicyclic) bond motifs is 1. The van der Waals surface area contributed by atoms with Gasteiger partial charge in [-0.1, -0.05) is 18.2 Å². The molecule has 1 aliphatic rings. The molecule has 0 aliphatic carbocycles. The predicted octanol–water partition coefficient (Wildman–Crippen LogP) is 3.45. The maximum absolute atomic E-state index is 10.4. The van der Waals surface area contributed by atoms with E-state index in [1.807, 2.05) is 36.4 Å². The summed E-state index contributed by atoms with van der Waals surface area (Å²) in [6.07, 6.45) is 1.56. The number of hydrogen-bond acceptors (Lipinski definition) is 3. The van der Waals surface area contributed by atoms with Crippen LogP contribution in [-0.2, 0) is 4.74 Å². The zero-order chi connectivity index (χ0) is 14.1. The van der Waals surface area contributed by atoms with Crippen molar-refractivity contribution >= 4 is 10.8 Å². The molecule has 20 heavy (non-hydrogen) atoms. The van der Waals surface area contributed by atoms with Crippen molar-refractivity contribution in [2.75, 3.05) is 7.11 Å². The van der Waals surface area contributed by atoms with Gasteiger partial charge in [-0.05, 0) is 54.3 Å². The second kappa shape index (κ2) is 5.43. The first-order valence-electron chi connectivity index (χ1n) is 7.08. The lowest BCUT2D eigenvalue weighted by molar-refractivity contribution is -0.0297. The molecule has 0 radical (unpaired) electrons. The average molecular weight is 272 g/mol. The van der Waals surface area contributed by atoms with Gasteiger partial charge in [0.2, 0.25) is 0 Å². The predicted molar refractivity (Wildman–Crippen MR) is 79.0 cm³/mol. The molecule has 0 amide bonds. The summed E-state index contributed by atoms with van der Waals surface area (Å²) in [5.74, 6) is 0.846. The van der Waals surface area contributed by atoms with E-state index < -0.39 is 6.10 Å². The van der Waals surface area contributed by atoms with Crippen molar-refractivity contribution in [3.05, 3.63) is 42.0 Å². The van der Waals surface area contributed by atoms with Crippen molar-refractivity contribution in [2.24, 2.45) is 0 Å². The van der Waals surface area contributed by atoms with Crippen LogP contribution in [0.4, 0.5) is 0 Å². The first-order valence-corrected chi connectivity index (χ1v) is 7.08. The summed E-state index contributed by atoms with van der Waals surface area (Å²) >= 11 is 0. The summed E-state index contributed by atoms with van der Waals surface area (Å²) in [6, 6.07) is 12.0. The summed E-state index contributed by atoms with van der Waals surface area (Å²) in [6.45, 7) is 2.05. The summed E-state index contributed by atoms with van der Waals surface area (Å²) in [5.41, 5.74) is 0.918. The van der Waals surface area contributed by atoms with Crippen LogP contribution in [0, 0.1) is 0 Å². The number of rotatable bonds is 3. The molecule has 3 nitrogen and oxygen atoms in total. The van der Waals surface area contributed by atoms with Gasteiger partial charge in [0, 0.05) is 0 Å². The minimum absolute atomic E-state index is 0.0827. The largest absolute Gasteiger partial charge is 0.497 e. The lowest BCUT2D eigenvalue weighted by Crippen LogP contribution is -2.18. The van der Waals surface area contributed by atoms with Crippen LogP contribution in [0.5, 0.6) is 5.75 Å². The summed E-state index contributed by atoms with van der Waals surface area (Å²) < 4.78 is 11.0. The van der Waals surface area contributed by atoms with E-state index >= 15 is 0 Å². The Bertz CT molecular complexity index is 608. The Balaban J connectivity index is 1.88.